The van der Waals surface area contributed by atoms with Gasteiger partial charge in [-0.2, -0.15) is 5.10 Å². The van der Waals surface area contributed by atoms with Crippen LogP contribution in [0.15, 0.2) is 35.5 Å². The average molecular weight is 391 g/mol. The van der Waals surface area contributed by atoms with Crippen molar-refractivity contribution in [3.63, 3.8) is 0 Å². The second-order valence-corrected chi connectivity index (χ2v) is 8.91. The van der Waals surface area contributed by atoms with Crippen LogP contribution in [0.1, 0.15) is 43.9 Å². The first-order chi connectivity index (χ1) is 13.0. The largest absolute Gasteiger partial charge is 0.490 e. The van der Waals surface area contributed by atoms with Gasteiger partial charge in [-0.1, -0.05) is 0 Å². The van der Waals surface area contributed by atoms with Crippen molar-refractivity contribution in [3.8, 4) is 5.75 Å². The Hall–Kier alpha value is -1.90. The Morgan fingerprint density at radius 3 is 3.00 bits per heavy atom. The smallest absolute Gasteiger partial charge is 0.240 e. The Kier molecular flexibility index (Phi) is 4.96. The van der Waals surface area contributed by atoms with Crippen LogP contribution in [0.2, 0.25) is 0 Å². The van der Waals surface area contributed by atoms with Gasteiger partial charge in [0.2, 0.25) is 10.0 Å². The fraction of sp³-hybridized carbons (Fsp3) is 0.526. The summed E-state index contributed by atoms with van der Waals surface area (Å²) < 4.78 is 42.2. The molecule has 3 heterocycles. The lowest BCUT2D eigenvalue weighted by Crippen LogP contribution is -2.42. The van der Waals surface area contributed by atoms with Gasteiger partial charge < -0.3 is 9.47 Å². The molecule has 1 saturated heterocycles. The Morgan fingerprint density at radius 2 is 2.22 bits per heavy atom. The lowest BCUT2D eigenvalue weighted by atomic mass is 9.99. The molecule has 3 atom stereocenters. The van der Waals surface area contributed by atoms with Crippen molar-refractivity contribution in [2.75, 3.05) is 6.61 Å². The van der Waals surface area contributed by atoms with Gasteiger partial charge in [-0.05, 0) is 50.5 Å². The quantitative estimate of drug-likeness (QED) is 0.846. The molecule has 4 rings (SSSR count). The number of hydrogen-bond acceptors (Lipinski definition) is 5. The Labute approximate surface area is 159 Å². The van der Waals surface area contributed by atoms with Crippen LogP contribution in [-0.2, 0) is 27.7 Å². The number of aryl methyl sites for hydroxylation is 1. The second kappa shape index (κ2) is 7.26. The normalized spacial score (nSPS) is 25.2. The fourth-order valence-electron chi connectivity index (χ4n) is 3.76. The van der Waals surface area contributed by atoms with Gasteiger partial charge in [0.05, 0.1) is 17.1 Å². The molecule has 0 saturated carbocycles. The lowest BCUT2D eigenvalue weighted by Gasteiger charge is -2.31. The zero-order chi connectivity index (χ0) is 19.0. The van der Waals surface area contributed by atoms with Gasteiger partial charge in [-0.15, -0.1) is 0 Å². The third kappa shape index (κ3) is 3.74. The molecule has 8 heteroatoms. The molecule has 27 heavy (non-hydrogen) atoms. The molecule has 1 fully saturated rings. The van der Waals surface area contributed by atoms with Crippen molar-refractivity contribution in [2.24, 2.45) is 0 Å². The van der Waals surface area contributed by atoms with E-state index in [4.69, 9.17) is 9.47 Å². The molecule has 1 aromatic carbocycles. The summed E-state index contributed by atoms with van der Waals surface area (Å²) >= 11 is 0. The highest BCUT2D eigenvalue weighted by Crippen LogP contribution is 2.32. The van der Waals surface area contributed by atoms with E-state index in [0.29, 0.717) is 6.61 Å². The van der Waals surface area contributed by atoms with Crippen molar-refractivity contribution < 1.29 is 17.9 Å². The SMILES string of the molecule is CCn1cc([C@H]2OCCC[C@@H]2NS(=O)(=O)c2ccc3c(c2)CC(C)O3)cn1. The molecule has 0 bridgehead atoms. The van der Waals surface area contributed by atoms with Crippen LogP contribution in [0.3, 0.4) is 0 Å². The molecule has 7 nitrogen and oxygen atoms in total. The van der Waals surface area contributed by atoms with Gasteiger partial charge in [-0.25, -0.2) is 13.1 Å². The Bertz CT molecular complexity index is 925. The summed E-state index contributed by atoms with van der Waals surface area (Å²) in [5.74, 6) is 0.771. The number of nitrogens with zero attached hydrogens (tertiary/aromatic N) is 2. The summed E-state index contributed by atoms with van der Waals surface area (Å²) in [6, 6.07) is 4.75. The standard InChI is InChI=1S/C19H25N3O4S/c1-3-22-12-15(11-20-22)19-17(5-4-8-25-19)21-27(23,24)16-6-7-18-14(10-16)9-13(2)26-18/h6-7,10-13,17,19,21H,3-5,8-9H2,1-2H3/t13?,17-,19+/m0/s1. The number of sulfonamides is 1. The van der Waals surface area contributed by atoms with Crippen LogP contribution in [0.4, 0.5) is 0 Å². The molecule has 1 unspecified atom stereocenters. The summed E-state index contributed by atoms with van der Waals surface area (Å²) in [7, 11) is -3.65. The Balaban J connectivity index is 1.56. The number of aromatic nitrogens is 2. The molecule has 2 aliphatic heterocycles. The van der Waals surface area contributed by atoms with E-state index in [9.17, 15) is 8.42 Å². The summed E-state index contributed by atoms with van der Waals surface area (Å²) in [6.07, 6.45) is 5.71. The summed E-state index contributed by atoms with van der Waals surface area (Å²) in [5.41, 5.74) is 1.84. The summed E-state index contributed by atoms with van der Waals surface area (Å²) in [6.45, 7) is 5.37. The first-order valence-corrected chi connectivity index (χ1v) is 10.9. The van der Waals surface area contributed by atoms with E-state index in [-0.39, 0.29) is 23.1 Å². The van der Waals surface area contributed by atoms with Gasteiger partial charge in [-0.3, -0.25) is 4.68 Å². The minimum absolute atomic E-state index is 0.0807. The van der Waals surface area contributed by atoms with Crippen molar-refractivity contribution in [2.45, 2.75) is 62.8 Å². The van der Waals surface area contributed by atoms with Gasteiger partial charge in [0.15, 0.2) is 0 Å². The van der Waals surface area contributed by atoms with Crippen LogP contribution in [0.25, 0.3) is 0 Å². The summed E-state index contributed by atoms with van der Waals surface area (Å²) in [4.78, 5) is 0.271. The number of nitrogens with one attached hydrogen (secondary N) is 1. The van der Waals surface area contributed by atoms with Crippen molar-refractivity contribution in [1.29, 1.82) is 0 Å². The highest BCUT2D eigenvalue weighted by Gasteiger charge is 2.33. The van der Waals surface area contributed by atoms with E-state index in [1.54, 1.807) is 24.4 Å². The second-order valence-electron chi connectivity index (χ2n) is 7.19. The van der Waals surface area contributed by atoms with Crippen LogP contribution in [-0.4, -0.2) is 37.0 Å². The minimum Gasteiger partial charge on any atom is -0.490 e. The average Bonchev–Trinajstić information content (AvgIpc) is 3.26. The van der Waals surface area contributed by atoms with Gasteiger partial charge in [0, 0.05) is 31.3 Å². The van der Waals surface area contributed by atoms with Gasteiger partial charge >= 0.3 is 0 Å². The number of benzene rings is 1. The monoisotopic (exact) mass is 391 g/mol. The number of hydrogen-bond donors (Lipinski definition) is 1. The fourth-order valence-corrected chi connectivity index (χ4v) is 5.08. The van der Waals surface area contributed by atoms with Gasteiger partial charge in [0.25, 0.3) is 0 Å². The Morgan fingerprint density at radius 1 is 1.37 bits per heavy atom. The zero-order valence-corrected chi connectivity index (χ0v) is 16.4. The number of fused-ring (bicyclic) bond motifs is 1. The van der Waals surface area contributed by atoms with Crippen LogP contribution < -0.4 is 9.46 Å². The van der Waals surface area contributed by atoms with Crippen LogP contribution in [0.5, 0.6) is 5.75 Å². The molecule has 0 radical (unpaired) electrons. The predicted octanol–water partition coefficient (Wildman–Crippen LogP) is 2.43. The topological polar surface area (TPSA) is 82.5 Å². The van der Waals surface area contributed by atoms with Crippen molar-refractivity contribution in [1.82, 2.24) is 14.5 Å². The zero-order valence-electron chi connectivity index (χ0n) is 15.6. The first kappa shape index (κ1) is 18.5. The number of rotatable bonds is 5. The van der Waals surface area contributed by atoms with E-state index in [1.807, 2.05) is 24.7 Å². The van der Waals surface area contributed by atoms with Crippen LogP contribution >= 0.6 is 0 Å². The van der Waals surface area contributed by atoms with E-state index in [1.165, 1.54) is 0 Å². The van der Waals surface area contributed by atoms with Crippen molar-refractivity contribution >= 4 is 10.0 Å². The first-order valence-electron chi connectivity index (χ1n) is 9.42. The maximum atomic E-state index is 13.0. The molecular weight excluding hydrogens is 366 g/mol. The van der Waals surface area contributed by atoms with E-state index >= 15 is 0 Å². The third-order valence-electron chi connectivity index (χ3n) is 5.11. The lowest BCUT2D eigenvalue weighted by molar-refractivity contribution is -0.00447. The van der Waals surface area contributed by atoms with Gasteiger partial charge in [0.1, 0.15) is 18.0 Å². The van der Waals surface area contributed by atoms with E-state index in [2.05, 4.69) is 9.82 Å². The van der Waals surface area contributed by atoms with Crippen LogP contribution in [0, 0.1) is 0 Å². The molecule has 2 aliphatic rings. The van der Waals surface area contributed by atoms with E-state index in [0.717, 1.165) is 42.7 Å². The molecule has 2 aromatic rings. The molecule has 1 N–H and O–H groups in total. The molecule has 1 aromatic heterocycles. The minimum atomic E-state index is -3.65. The maximum absolute atomic E-state index is 13.0. The summed E-state index contributed by atoms with van der Waals surface area (Å²) in [5, 5.41) is 4.29. The van der Waals surface area contributed by atoms with Crippen molar-refractivity contribution in [3.05, 3.63) is 41.7 Å². The highest BCUT2D eigenvalue weighted by atomic mass is 32.2. The molecule has 0 aliphatic carbocycles. The molecule has 146 valence electrons. The maximum Gasteiger partial charge on any atom is 0.240 e. The third-order valence-corrected chi connectivity index (χ3v) is 6.60. The molecule has 0 amide bonds. The predicted molar refractivity (Wildman–Crippen MR) is 100 cm³/mol. The molecule has 0 spiro atoms. The highest BCUT2D eigenvalue weighted by molar-refractivity contribution is 7.89. The van der Waals surface area contributed by atoms with E-state index < -0.39 is 10.0 Å². The molecular formula is C19H25N3O4S. The number of ether oxygens (including phenoxy) is 2.